The van der Waals surface area contributed by atoms with Gasteiger partial charge in [0.2, 0.25) is 5.91 Å². The molecule has 0 bridgehead atoms. The van der Waals surface area contributed by atoms with Crippen LogP contribution in [0.25, 0.3) is 0 Å². The summed E-state index contributed by atoms with van der Waals surface area (Å²) in [7, 11) is 0. The van der Waals surface area contributed by atoms with Gasteiger partial charge in [-0.2, -0.15) is 0 Å². The minimum atomic E-state index is -0.315. The molecule has 4 heterocycles. The molecule has 5 rings (SSSR count). The van der Waals surface area contributed by atoms with Crippen molar-refractivity contribution in [2.75, 3.05) is 26.2 Å². The number of benzene rings is 1. The van der Waals surface area contributed by atoms with E-state index in [1.807, 2.05) is 28.0 Å². The second-order valence-corrected chi connectivity index (χ2v) is 8.79. The first kappa shape index (κ1) is 19.2. The average Bonchev–Trinajstić information content (AvgIpc) is 3.48. The quantitative estimate of drug-likeness (QED) is 0.774. The highest BCUT2D eigenvalue weighted by atomic mass is 16.5. The van der Waals surface area contributed by atoms with Gasteiger partial charge in [-0.15, -0.1) is 0 Å². The fraction of sp³-hybridized carbons (Fsp3) is 0.500. The van der Waals surface area contributed by atoms with Gasteiger partial charge < -0.3 is 19.0 Å². The molecular formula is C24H28N2O4. The number of carbonyl (C=O) groups is 2. The molecule has 1 aromatic heterocycles. The lowest BCUT2D eigenvalue weighted by Crippen LogP contribution is -2.52. The second-order valence-electron chi connectivity index (χ2n) is 8.79. The topological polar surface area (TPSA) is 63.0 Å². The van der Waals surface area contributed by atoms with Gasteiger partial charge in [0.1, 0.15) is 11.4 Å². The predicted molar refractivity (Wildman–Crippen MR) is 111 cm³/mol. The Labute approximate surface area is 176 Å². The second kappa shape index (κ2) is 7.82. The predicted octanol–water partition coefficient (Wildman–Crippen LogP) is 3.83. The van der Waals surface area contributed by atoms with E-state index in [0.717, 1.165) is 56.5 Å². The van der Waals surface area contributed by atoms with Crippen molar-refractivity contribution >= 4 is 11.8 Å². The maximum absolute atomic E-state index is 12.9. The number of fused-ring (bicyclic) bond motifs is 1. The van der Waals surface area contributed by atoms with Crippen molar-refractivity contribution < 1.29 is 18.7 Å². The van der Waals surface area contributed by atoms with Gasteiger partial charge in [0.05, 0.1) is 6.26 Å². The van der Waals surface area contributed by atoms with Crippen LogP contribution < -0.4 is 4.74 Å². The van der Waals surface area contributed by atoms with E-state index < -0.39 is 0 Å². The van der Waals surface area contributed by atoms with Crippen molar-refractivity contribution in [2.24, 2.45) is 0 Å². The molecule has 1 spiro atoms. The van der Waals surface area contributed by atoms with Gasteiger partial charge in [-0.1, -0.05) is 18.2 Å². The lowest BCUT2D eigenvalue weighted by molar-refractivity contribution is -0.131. The number of hydrogen-bond donors (Lipinski definition) is 0. The van der Waals surface area contributed by atoms with E-state index in [-0.39, 0.29) is 23.3 Å². The maximum atomic E-state index is 12.9. The molecule has 158 valence electrons. The highest BCUT2D eigenvalue weighted by Crippen LogP contribution is 2.46. The standard InChI is InChI=1S/C24H28N2O4/c27-22(25-11-3-4-12-25)16-18-17-24(30-20-7-2-1-6-19(18)20)9-13-26(14-10-24)23(28)21-8-5-15-29-21/h1-2,5-8,15,18H,3-4,9-14,16-17H2. The number of para-hydroxylation sites is 1. The molecule has 2 fully saturated rings. The monoisotopic (exact) mass is 408 g/mol. The molecule has 0 saturated carbocycles. The number of furan rings is 1. The highest BCUT2D eigenvalue weighted by molar-refractivity contribution is 5.91. The zero-order chi connectivity index (χ0) is 20.6. The van der Waals surface area contributed by atoms with E-state index in [9.17, 15) is 9.59 Å². The zero-order valence-corrected chi connectivity index (χ0v) is 17.2. The maximum Gasteiger partial charge on any atom is 0.289 e. The minimum absolute atomic E-state index is 0.0631. The van der Waals surface area contributed by atoms with E-state index in [1.165, 1.54) is 6.26 Å². The number of piperidine rings is 1. The highest BCUT2D eigenvalue weighted by Gasteiger charge is 2.44. The van der Waals surface area contributed by atoms with Crippen LogP contribution in [0.2, 0.25) is 0 Å². The molecule has 6 heteroatoms. The van der Waals surface area contributed by atoms with Gasteiger partial charge in [-0.05, 0) is 43.0 Å². The van der Waals surface area contributed by atoms with Crippen molar-refractivity contribution in [3.63, 3.8) is 0 Å². The molecule has 2 aromatic rings. The van der Waals surface area contributed by atoms with Crippen LogP contribution in [0.3, 0.4) is 0 Å². The first-order valence-electron chi connectivity index (χ1n) is 11.0. The molecule has 1 atom stereocenters. The van der Waals surface area contributed by atoms with Crippen molar-refractivity contribution in [3.05, 3.63) is 54.0 Å². The van der Waals surface area contributed by atoms with Crippen molar-refractivity contribution in [2.45, 2.75) is 50.0 Å². The summed E-state index contributed by atoms with van der Waals surface area (Å²) in [6.07, 6.45) is 6.65. The normalized spacial score (nSPS) is 22.6. The largest absolute Gasteiger partial charge is 0.487 e. The molecule has 3 aliphatic heterocycles. The third-order valence-corrected chi connectivity index (χ3v) is 6.88. The summed E-state index contributed by atoms with van der Waals surface area (Å²) in [5, 5.41) is 0. The molecule has 1 unspecified atom stereocenters. The fourth-order valence-corrected chi connectivity index (χ4v) is 5.21. The molecule has 3 aliphatic rings. The van der Waals surface area contributed by atoms with Crippen molar-refractivity contribution in [3.8, 4) is 5.75 Å². The Hall–Kier alpha value is -2.76. The van der Waals surface area contributed by atoms with Gasteiger partial charge in [0.15, 0.2) is 5.76 Å². The van der Waals surface area contributed by atoms with Gasteiger partial charge in [0.25, 0.3) is 5.91 Å². The summed E-state index contributed by atoms with van der Waals surface area (Å²) in [5.41, 5.74) is 0.828. The molecule has 2 saturated heterocycles. The Kier molecular flexibility index (Phi) is 5.01. The average molecular weight is 408 g/mol. The van der Waals surface area contributed by atoms with E-state index in [2.05, 4.69) is 6.07 Å². The van der Waals surface area contributed by atoms with Crippen molar-refractivity contribution in [1.82, 2.24) is 9.80 Å². The summed E-state index contributed by atoms with van der Waals surface area (Å²) < 4.78 is 11.8. The fourth-order valence-electron chi connectivity index (χ4n) is 5.21. The molecule has 0 N–H and O–H groups in total. The van der Waals surface area contributed by atoms with Crippen LogP contribution in [-0.4, -0.2) is 53.4 Å². The number of amides is 2. The number of nitrogens with zero attached hydrogens (tertiary/aromatic N) is 2. The van der Waals surface area contributed by atoms with Crippen LogP contribution in [0.1, 0.15) is 60.6 Å². The lowest BCUT2D eigenvalue weighted by Gasteiger charge is -2.47. The van der Waals surface area contributed by atoms with Gasteiger partial charge in [-0.25, -0.2) is 0 Å². The van der Waals surface area contributed by atoms with Crippen LogP contribution in [0.15, 0.2) is 47.1 Å². The van der Waals surface area contributed by atoms with E-state index in [4.69, 9.17) is 9.15 Å². The molecule has 0 aliphatic carbocycles. The van der Waals surface area contributed by atoms with Crippen LogP contribution in [0.4, 0.5) is 0 Å². The molecular weight excluding hydrogens is 380 g/mol. The Morgan fingerprint density at radius 3 is 2.47 bits per heavy atom. The Balaban J connectivity index is 1.31. The third kappa shape index (κ3) is 3.59. The SMILES string of the molecule is O=C(CC1CC2(CCN(C(=O)c3ccco3)CC2)Oc2ccccc21)N1CCCC1. The van der Waals surface area contributed by atoms with Crippen LogP contribution in [-0.2, 0) is 4.79 Å². The van der Waals surface area contributed by atoms with Gasteiger partial charge >= 0.3 is 0 Å². The van der Waals surface area contributed by atoms with Gasteiger partial charge in [0, 0.05) is 51.4 Å². The molecule has 30 heavy (non-hydrogen) atoms. The van der Waals surface area contributed by atoms with Gasteiger partial charge in [-0.3, -0.25) is 9.59 Å². The summed E-state index contributed by atoms with van der Waals surface area (Å²) >= 11 is 0. The third-order valence-electron chi connectivity index (χ3n) is 6.88. The van der Waals surface area contributed by atoms with E-state index in [1.54, 1.807) is 12.1 Å². The van der Waals surface area contributed by atoms with E-state index >= 15 is 0 Å². The van der Waals surface area contributed by atoms with Crippen molar-refractivity contribution in [1.29, 1.82) is 0 Å². The Morgan fingerprint density at radius 1 is 0.967 bits per heavy atom. The van der Waals surface area contributed by atoms with E-state index in [0.29, 0.717) is 25.3 Å². The first-order chi connectivity index (χ1) is 14.6. The zero-order valence-electron chi connectivity index (χ0n) is 17.2. The van der Waals surface area contributed by atoms with Crippen LogP contribution in [0.5, 0.6) is 5.75 Å². The summed E-state index contributed by atoms with van der Waals surface area (Å²) in [6.45, 7) is 3.04. The summed E-state index contributed by atoms with van der Waals surface area (Å²) in [5.74, 6) is 1.64. The minimum Gasteiger partial charge on any atom is -0.487 e. The van der Waals surface area contributed by atoms with Crippen LogP contribution in [0, 0.1) is 0 Å². The number of carbonyl (C=O) groups excluding carboxylic acids is 2. The molecule has 0 radical (unpaired) electrons. The Morgan fingerprint density at radius 2 is 1.73 bits per heavy atom. The number of likely N-dealkylation sites (tertiary alicyclic amines) is 2. The number of hydrogen-bond acceptors (Lipinski definition) is 4. The number of ether oxygens (including phenoxy) is 1. The number of rotatable bonds is 3. The summed E-state index contributed by atoms with van der Waals surface area (Å²) in [4.78, 5) is 29.4. The summed E-state index contributed by atoms with van der Waals surface area (Å²) in [6, 6.07) is 11.6. The molecule has 2 amide bonds. The lowest BCUT2D eigenvalue weighted by atomic mass is 9.76. The van der Waals surface area contributed by atoms with Crippen LogP contribution >= 0.6 is 0 Å². The first-order valence-corrected chi connectivity index (χ1v) is 11.0. The smallest absolute Gasteiger partial charge is 0.289 e. The Bertz CT molecular complexity index is 909. The molecule has 1 aromatic carbocycles. The molecule has 6 nitrogen and oxygen atoms in total.